The molecule has 0 fully saturated rings. The van der Waals surface area contributed by atoms with Gasteiger partial charge in [-0.2, -0.15) is 0 Å². The second-order valence-corrected chi connectivity index (χ2v) is 11.6. The molecule has 0 atom stereocenters. The number of halogens is 1. The van der Waals surface area contributed by atoms with Crippen LogP contribution in [0.3, 0.4) is 0 Å². The van der Waals surface area contributed by atoms with E-state index in [0.29, 0.717) is 0 Å². The minimum atomic E-state index is -2.86. The van der Waals surface area contributed by atoms with Crippen LogP contribution in [-0.2, 0) is 0 Å². The van der Waals surface area contributed by atoms with Gasteiger partial charge < -0.3 is 5.48 Å². The minimum absolute atomic E-state index is 0. The van der Waals surface area contributed by atoms with Gasteiger partial charge in [0.25, 0.3) is 0 Å². The molecule has 0 saturated carbocycles. The first kappa shape index (κ1) is 21.6. The van der Waals surface area contributed by atoms with E-state index in [-0.39, 0.29) is 5.48 Å². The summed E-state index contributed by atoms with van der Waals surface area (Å²) in [5.41, 5.74) is 0. The van der Waals surface area contributed by atoms with Crippen LogP contribution in [0.15, 0.2) is 0 Å². The molecular formula is C16H38FOP. The number of rotatable bonds is 12. The maximum atomic E-state index is 16.1. The molecule has 0 spiro atoms. The van der Waals surface area contributed by atoms with Crippen molar-refractivity contribution in [1.82, 2.24) is 0 Å². The van der Waals surface area contributed by atoms with E-state index in [1.54, 1.807) is 0 Å². The summed E-state index contributed by atoms with van der Waals surface area (Å²) in [4.78, 5) is 0. The van der Waals surface area contributed by atoms with Crippen LogP contribution in [0.1, 0.15) is 79.1 Å². The molecule has 0 saturated heterocycles. The third-order valence-corrected chi connectivity index (χ3v) is 10.0. The topological polar surface area (TPSA) is 31.5 Å². The Balaban J connectivity index is 0. The fourth-order valence-corrected chi connectivity index (χ4v) is 8.65. The summed E-state index contributed by atoms with van der Waals surface area (Å²) in [7, 11) is 0. The Morgan fingerprint density at radius 1 is 0.579 bits per heavy atom. The van der Waals surface area contributed by atoms with Gasteiger partial charge in [0, 0.05) is 0 Å². The van der Waals surface area contributed by atoms with Gasteiger partial charge in [0.15, 0.2) is 0 Å². The SMILES string of the molecule is CCCCP(F)(CCCC)(CCCC)CCCC.O. The Morgan fingerprint density at radius 2 is 0.789 bits per heavy atom. The van der Waals surface area contributed by atoms with Gasteiger partial charge in [-0.3, -0.25) is 0 Å². The van der Waals surface area contributed by atoms with Crippen molar-refractivity contribution in [3.8, 4) is 0 Å². The third-order valence-electron chi connectivity index (χ3n) is 4.28. The molecule has 0 aromatic heterocycles. The molecule has 0 unspecified atom stereocenters. The van der Waals surface area contributed by atoms with E-state index in [0.717, 1.165) is 76.0 Å². The Morgan fingerprint density at radius 3 is 0.947 bits per heavy atom. The second kappa shape index (κ2) is 11.0. The Kier molecular flexibility index (Phi) is 12.5. The molecule has 120 valence electrons. The van der Waals surface area contributed by atoms with E-state index in [2.05, 4.69) is 27.7 Å². The second-order valence-electron chi connectivity index (χ2n) is 6.13. The Bertz CT molecular complexity index is 165. The molecule has 0 aliphatic rings. The third kappa shape index (κ3) is 8.25. The molecule has 19 heavy (non-hydrogen) atoms. The van der Waals surface area contributed by atoms with Crippen LogP contribution in [-0.4, -0.2) is 30.1 Å². The van der Waals surface area contributed by atoms with E-state index in [1.165, 1.54) is 0 Å². The Labute approximate surface area is 121 Å². The van der Waals surface area contributed by atoms with Gasteiger partial charge >= 0.3 is 115 Å². The van der Waals surface area contributed by atoms with Crippen LogP contribution >= 0.6 is 6.91 Å². The molecule has 0 radical (unpaired) electrons. The molecule has 0 rings (SSSR count). The summed E-state index contributed by atoms with van der Waals surface area (Å²) in [5, 5.41) is 0. The first-order valence-corrected chi connectivity index (χ1v) is 11.1. The van der Waals surface area contributed by atoms with Crippen LogP contribution in [0.5, 0.6) is 0 Å². The van der Waals surface area contributed by atoms with Crippen molar-refractivity contribution in [1.29, 1.82) is 0 Å². The van der Waals surface area contributed by atoms with Crippen molar-refractivity contribution >= 4 is 6.91 Å². The number of unbranched alkanes of at least 4 members (excludes halogenated alkanes) is 4. The van der Waals surface area contributed by atoms with E-state index in [4.69, 9.17) is 0 Å². The molecule has 0 aliphatic heterocycles. The van der Waals surface area contributed by atoms with Crippen molar-refractivity contribution in [3.05, 3.63) is 0 Å². The van der Waals surface area contributed by atoms with Crippen LogP contribution in [0, 0.1) is 0 Å². The van der Waals surface area contributed by atoms with Gasteiger partial charge in [-0.05, 0) is 0 Å². The molecule has 1 nitrogen and oxygen atoms in total. The zero-order chi connectivity index (χ0) is 13.9. The van der Waals surface area contributed by atoms with E-state index < -0.39 is 6.91 Å². The molecule has 0 heterocycles. The normalized spacial score (nSPS) is 13.6. The summed E-state index contributed by atoms with van der Waals surface area (Å²) in [5.74, 6) is 0. The monoisotopic (exact) mass is 296 g/mol. The average Bonchev–Trinajstić information content (AvgIpc) is 2.40. The predicted octanol–water partition coefficient (Wildman–Crippen LogP) is 5.80. The molecule has 0 amide bonds. The van der Waals surface area contributed by atoms with E-state index in [1.807, 2.05) is 0 Å². The van der Waals surface area contributed by atoms with Crippen molar-refractivity contribution < 1.29 is 9.67 Å². The van der Waals surface area contributed by atoms with E-state index in [9.17, 15) is 0 Å². The molecule has 0 bridgehead atoms. The summed E-state index contributed by atoms with van der Waals surface area (Å²) >= 11 is 0. The van der Waals surface area contributed by atoms with Crippen LogP contribution in [0.4, 0.5) is 4.20 Å². The Hall–Kier alpha value is 0.320. The predicted molar refractivity (Wildman–Crippen MR) is 90.7 cm³/mol. The largest absolute Gasteiger partial charge is 0.412 e. The minimum Gasteiger partial charge on any atom is -0.412 e. The van der Waals surface area contributed by atoms with Crippen molar-refractivity contribution in [2.75, 3.05) is 24.6 Å². The van der Waals surface area contributed by atoms with Gasteiger partial charge in [0.1, 0.15) is 0 Å². The zero-order valence-electron chi connectivity index (χ0n) is 13.8. The molecular weight excluding hydrogens is 258 g/mol. The average molecular weight is 296 g/mol. The number of hydrogen-bond acceptors (Lipinski definition) is 0. The van der Waals surface area contributed by atoms with Crippen molar-refractivity contribution in [3.63, 3.8) is 0 Å². The standard InChI is InChI=1S/C16H36FP.H2O/c1-5-9-13-18(17,14-10-6-2,15-11-7-3)16-12-8-4;/h5-16H2,1-4H3;1H2. The molecule has 0 aliphatic carbocycles. The quantitative estimate of drug-likeness (QED) is 0.408. The van der Waals surface area contributed by atoms with Crippen molar-refractivity contribution in [2.24, 2.45) is 0 Å². The first-order valence-electron chi connectivity index (χ1n) is 8.26. The summed E-state index contributed by atoms with van der Waals surface area (Å²) in [6, 6.07) is 0. The van der Waals surface area contributed by atoms with E-state index >= 15 is 4.20 Å². The van der Waals surface area contributed by atoms with Crippen LogP contribution < -0.4 is 0 Å². The summed E-state index contributed by atoms with van der Waals surface area (Å²) < 4.78 is 16.1. The van der Waals surface area contributed by atoms with Gasteiger partial charge in [0.2, 0.25) is 0 Å². The van der Waals surface area contributed by atoms with Crippen LogP contribution in [0.25, 0.3) is 0 Å². The maximum absolute atomic E-state index is 16.1. The fraction of sp³-hybridized carbons (Fsp3) is 1.00. The van der Waals surface area contributed by atoms with Gasteiger partial charge in [-0.25, -0.2) is 0 Å². The van der Waals surface area contributed by atoms with Gasteiger partial charge in [0.05, 0.1) is 0 Å². The number of hydrogen-bond donors (Lipinski definition) is 0. The molecule has 3 heteroatoms. The first-order chi connectivity index (χ1) is 8.54. The summed E-state index contributed by atoms with van der Waals surface area (Å²) in [6.07, 6.45) is 12.7. The van der Waals surface area contributed by atoms with Gasteiger partial charge in [-0.1, -0.05) is 0 Å². The molecule has 0 aromatic rings. The molecule has 2 N–H and O–H groups in total. The fourth-order valence-electron chi connectivity index (χ4n) is 2.88. The van der Waals surface area contributed by atoms with Crippen LogP contribution in [0.2, 0.25) is 0 Å². The smallest absolute Gasteiger partial charge is 0.412 e. The summed E-state index contributed by atoms with van der Waals surface area (Å²) in [6.45, 7) is 5.92. The van der Waals surface area contributed by atoms with Crippen molar-refractivity contribution in [2.45, 2.75) is 79.1 Å². The maximum Gasteiger partial charge on any atom is -0.412 e. The molecule has 0 aromatic carbocycles. The van der Waals surface area contributed by atoms with Gasteiger partial charge in [-0.15, -0.1) is 0 Å². The zero-order valence-corrected chi connectivity index (χ0v) is 14.7.